The molecule has 0 unspecified atom stereocenters. The molecule has 0 fully saturated rings. The van der Waals surface area contributed by atoms with Gasteiger partial charge in [-0.05, 0) is 53.5 Å². The van der Waals surface area contributed by atoms with E-state index in [9.17, 15) is 9.59 Å². The first-order chi connectivity index (χ1) is 12.1. The van der Waals surface area contributed by atoms with Crippen LogP contribution in [0.3, 0.4) is 0 Å². The summed E-state index contributed by atoms with van der Waals surface area (Å²) in [5, 5.41) is 2.77. The van der Waals surface area contributed by atoms with Crippen molar-refractivity contribution in [1.82, 2.24) is 10.2 Å². The van der Waals surface area contributed by atoms with Crippen molar-refractivity contribution in [2.24, 2.45) is 0 Å². The van der Waals surface area contributed by atoms with E-state index in [1.165, 1.54) is 0 Å². The summed E-state index contributed by atoms with van der Waals surface area (Å²) < 4.78 is 0.682. The number of amides is 2. The van der Waals surface area contributed by atoms with Gasteiger partial charge in [-0.3, -0.25) is 9.59 Å². The van der Waals surface area contributed by atoms with E-state index in [1.54, 1.807) is 29.2 Å². The highest BCUT2D eigenvalue weighted by molar-refractivity contribution is 9.10. The van der Waals surface area contributed by atoms with Crippen LogP contribution in [-0.4, -0.2) is 29.8 Å². The van der Waals surface area contributed by atoms with Gasteiger partial charge in [-0.15, -0.1) is 0 Å². The lowest BCUT2D eigenvalue weighted by Crippen LogP contribution is -2.38. The Balaban J connectivity index is 2.35. The van der Waals surface area contributed by atoms with Crippen molar-refractivity contribution in [3.05, 3.63) is 75.9 Å². The summed E-state index contributed by atoms with van der Waals surface area (Å²) in [4.78, 5) is 27.1. The maximum atomic E-state index is 12.8. The molecule has 0 saturated heterocycles. The number of halogens is 1. The Kier molecular flexibility index (Phi) is 6.95. The van der Waals surface area contributed by atoms with Crippen LogP contribution in [0.15, 0.2) is 64.8 Å². The summed E-state index contributed by atoms with van der Waals surface area (Å²) in [6, 6.07) is 16.6. The predicted molar refractivity (Wildman–Crippen MR) is 104 cm³/mol. The Morgan fingerprint density at radius 3 is 2.20 bits per heavy atom. The molecule has 0 aliphatic heterocycles. The Morgan fingerprint density at radius 1 is 1.00 bits per heavy atom. The van der Waals surface area contributed by atoms with Crippen LogP contribution >= 0.6 is 15.9 Å². The van der Waals surface area contributed by atoms with Crippen LogP contribution in [0, 0.1) is 0 Å². The molecule has 0 heterocycles. The van der Waals surface area contributed by atoms with Gasteiger partial charge in [0.15, 0.2) is 0 Å². The molecule has 2 amide bonds. The lowest BCUT2D eigenvalue weighted by atomic mass is 10.1. The lowest BCUT2D eigenvalue weighted by Gasteiger charge is -2.21. The highest BCUT2D eigenvalue weighted by atomic mass is 79.9. The number of carbonyl (C=O) groups excluding carboxylic acids is 2. The molecule has 0 spiro atoms. The molecule has 1 N–H and O–H groups in total. The lowest BCUT2D eigenvalue weighted by molar-refractivity contribution is -0.127. The van der Waals surface area contributed by atoms with Crippen molar-refractivity contribution in [2.75, 3.05) is 13.1 Å². The minimum atomic E-state index is -0.324. The molecule has 25 heavy (non-hydrogen) atoms. The summed E-state index contributed by atoms with van der Waals surface area (Å²) in [6.45, 7) is 4.98. The van der Waals surface area contributed by atoms with Gasteiger partial charge in [0, 0.05) is 17.6 Å². The largest absolute Gasteiger partial charge is 0.338 e. The molecule has 0 radical (unpaired) electrons. The molecule has 130 valence electrons. The van der Waals surface area contributed by atoms with E-state index in [1.807, 2.05) is 50.2 Å². The second-order valence-corrected chi connectivity index (χ2v) is 6.23. The first-order valence-corrected chi connectivity index (χ1v) is 8.98. The number of hydrogen-bond acceptors (Lipinski definition) is 2. The molecular formula is C20H21BrN2O2. The number of nitrogens with zero attached hydrogens (tertiary/aromatic N) is 1. The van der Waals surface area contributed by atoms with Crippen molar-refractivity contribution in [3.63, 3.8) is 0 Å². The topological polar surface area (TPSA) is 49.4 Å². The Bertz CT molecular complexity index is 768. The van der Waals surface area contributed by atoms with E-state index < -0.39 is 0 Å². The standard InChI is InChI=1S/C20H21BrN2O2/c1-3-23(4-2)20(25)18(14-15-10-6-5-7-11-15)22-19(24)16-12-8-9-13-17(16)21/h5-14H,3-4H2,1-2H3,(H,22,24)/b18-14-. The van der Waals surface area contributed by atoms with Gasteiger partial charge in [-0.2, -0.15) is 0 Å². The zero-order chi connectivity index (χ0) is 18.2. The number of hydrogen-bond donors (Lipinski definition) is 1. The average Bonchev–Trinajstić information content (AvgIpc) is 2.63. The average molecular weight is 401 g/mol. The molecule has 4 nitrogen and oxygen atoms in total. The predicted octanol–water partition coefficient (Wildman–Crippen LogP) is 4.09. The summed E-state index contributed by atoms with van der Waals surface area (Å²) in [5.41, 5.74) is 1.59. The summed E-state index contributed by atoms with van der Waals surface area (Å²) in [7, 11) is 0. The number of benzene rings is 2. The van der Waals surface area contributed by atoms with Gasteiger partial charge in [0.25, 0.3) is 11.8 Å². The molecule has 2 rings (SSSR count). The quantitative estimate of drug-likeness (QED) is 0.742. The number of carbonyl (C=O) groups is 2. The van der Waals surface area contributed by atoms with Crippen LogP contribution in [0.2, 0.25) is 0 Å². The van der Waals surface area contributed by atoms with Crippen molar-refractivity contribution < 1.29 is 9.59 Å². The number of nitrogens with one attached hydrogen (secondary N) is 1. The molecule has 0 saturated carbocycles. The maximum Gasteiger partial charge on any atom is 0.270 e. The Labute approximate surface area is 156 Å². The van der Waals surface area contributed by atoms with Crippen LogP contribution in [0.25, 0.3) is 6.08 Å². The Morgan fingerprint density at radius 2 is 1.60 bits per heavy atom. The zero-order valence-corrected chi connectivity index (χ0v) is 15.9. The van der Waals surface area contributed by atoms with Gasteiger partial charge in [-0.1, -0.05) is 42.5 Å². The maximum absolute atomic E-state index is 12.8. The van der Waals surface area contributed by atoms with Crippen molar-refractivity contribution in [3.8, 4) is 0 Å². The van der Waals surface area contributed by atoms with Crippen LogP contribution in [0.1, 0.15) is 29.8 Å². The monoisotopic (exact) mass is 400 g/mol. The molecule has 2 aromatic carbocycles. The van der Waals surface area contributed by atoms with Gasteiger partial charge in [0.05, 0.1) is 5.56 Å². The van der Waals surface area contributed by atoms with Crippen LogP contribution in [0.4, 0.5) is 0 Å². The first-order valence-electron chi connectivity index (χ1n) is 8.18. The molecule has 0 aliphatic rings. The van der Waals surface area contributed by atoms with Gasteiger partial charge in [-0.25, -0.2) is 0 Å². The third kappa shape index (κ3) is 5.03. The third-order valence-electron chi connectivity index (χ3n) is 3.76. The fourth-order valence-corrected chi connectivity index (χ4v) is 2.85. The highest BCUT2D eigenvalue weighted by Crippen LogP contribution is 2.17. The summed E-state index contributed by atoms with van der Waals surface area (Å²) in [6.07, 6.45) is 1.70. The van der Waals surface area contributed by atoms with Crippen molar-refractivity contribution in [2.45, 2.75) is 13.8 Å². The van der Waals surface area contributed by atoms with Crippen molar-refractivity contribution >= 4 is 33.8 Å². The van der Waals surface area contributed by atoms with E-state index in [4.69, 9.17) is 0 Å². The SMILES string of the molecule is CCN(CC)C(=O)/C(=C/c1ccccc1)NC(=O)c1ccccc1Br. The minimum Gasteiger partial charge on any atom is -0.338 e. The van der Waals surface area contributed by atoms with Crippen molar-refractivity contribution in [1.29, 1.82) is 0 Å². The van der Waals surface area contributed by atoms with Crippen LogP contribution in [0.5, 0.6) is 0 Å². The first kappa shape index (κ1) is 18.9. The van der Waals surface area contributed by atoms with Crippen LogP contribution in [-0.2, 0) is 4.79 Å². The van der Waals surface area contributed by atoms with E-state index >= 15 is 0 Å². The molecular weight excluding hydrogens is 380 g/mol. The molecule has 0 aliphatic carbocycles. The molecule has 2 aromatic rings. The molecule has 0 aromatic heterocycles. The summed E-state index contributed by atoms with van der Waals surface area (Å²) in [5.74, 6) is -0.524. The molecule has 0 atom stereocenters. The Hall–Kier alpha value is -2.40. The van der Waals surface area contributed by atoms with E-state index in [2.05, 4.69) is 21.2 Å². The number of likely N-dealkylation sites (N-methyl/N-ethyl adjacent to an activating group) is 1. The fraction of sp³-hybridized carbons (Fsp3) is 0.200. The van der Waals surface area contributed by atoms with Crippen LogP contribution < -0.4 is 5.32 Å². The van der Waals surface area contributed by atoms with Gasteiger partial charge >= 0.3 is 0 Å². The van der Waals surface area contributed by atoms with E-state index in [0.29, 0.717) is 23.1 Å². The zero-order valence-electron chi connectivity index (χ0n) is 14.3. The molecule has 5 heteroatoms. The fourth-order valence-electron chi connectivity index (χ4n) is 2.38. The van der Waals surface area contributed by atoms with Gasteiger partial charge in [0.1, 0.15) is 5.70 Å². The second kappa shape index (κ2) is 9.18. The van der Waals surface area contributed by atoms with E-state index in [-0.39, 0.29) is 17.5 Å². The minimum absolute atomic E-state index is 0.200. The third-order valence-corrected chi connectivity index (χ3v) is 4.45. The number of rotatable bonds is 6. The van der Waals surface area contributed by atoms with Gasteiger partial charge < -0.3 is 10.2 Å². The second-order valence-electron chi connectivity index (χ2n) is 5.38. The smallest absolute Gasteiger partial charge is 0.270 e. The van der Waals surface area contributed by atoms with E-state index in [0.717, 1.165) is 5.56 Å². The summed E-state index contributed by atoms with van der Waals surface area (Å²) >= 11 is 3.37. The normalized spacial score (nSPS) is 11.1. The molecule has 0 bridgehead atoms. The highest BCUT2D eigenvalue weighted by Gasteiger charge is 2.19. The van der Waals surface area contributed by atoms with Gasteiger partial charge in [0.2, 0.25) is 0 Å².